The van der Waals surface area contributed by atoms with Crippen molar-refractivity contribution in [1.82, 2.24) is 9.97 Å². The molecule has 5 heteroatoms. The van der Waals surface area contributed by atoms with Gasteiger partial charge in [0.1, 0.15) is 5.82 Å². The Bertz CT molecular complexity index is 407. The van der Waals surface area contributed by atoms with Crippen molar-refractivity contribution in [2.75, 3.05) is 11.9 Å². The minimum atomic E-state index is -0.727. The third-order valence-corrected chi connectivity index (χ3v) is 2.99. The second-order valence-electron chi connectivity index (χ2n) is 4.68. The van der Waals surface area contributed by atoms with Crippen molar-refractivity contribution in [3.8, 4) is 0 Å². The first kappa shape index (κ1) is 14.4. The molecule has 0 radical (unpaired) electrons. The number of hydrogen-bond donors (Lipinski definition) is 2. The molecule has 1 unspecified atom stereocenters. The van der Waals surface area contributed by atoms with Gasteiger partial charge >= 0.3 is 5.97 Å². The van der Waals surface area contributed by atoms with Crippen LogP contribution in [-0.2, 0) is 4.79 Å². The first-order valence-electron chi connectivity index (χ1n) is 6.25. The summed E-state index contributed by atoms with van der Waals surface area (Å²) in [7, 11) is 0. The fraction of sp³-hybridized carbons (Fsp3) is 0.615. The molecule has 0 aliphatic heterocycles. The number of carboxylic acid groups (broad SMARTS) is 1. The first-order chi connectivity index (χ1) is 8.49. The fourth-order valence-electron chi connectivity index (χ4n) is 1.59. The molecule has 1 rings (SSSR count). The average molecular weight is 251 g/mol. The largest absolute Gasteiger partial charge is 0.481 e. The molecule has 0 amide bonds. The van der Waals surface area contributed by atoms with E-state index in [-0.39, 0.29) is 6.42 Å². The summed E-state index contributed by atoms with van der Waals surface area (Å²) in [6, 6.07) is 0. The van der Waals surface area contributed by atoms with Crippen LogP contribution in [0.2, 0.25) is 0 Å². The molecule has 1 atom stereocenters. The van der Waals surface area contributed by atoms with Crippen molar-refractivity contribution in [3.63, 3.8) is 0 Å². The molecule has 5 nitrogen and oxygen atoms in total. The summed E-state index contributed by atoms with van der Waals surface area (Å²) in [5.41, 5.74) is 1.87. The van der Waals surface area contributed by atoms with E-state index < -0.39 is 5.97 Å². The molecule has 1 aromatic heterocycles. The van der Waals surface area contributed by atoms with E-state index in [1.165, 1.54) is 0 Å². The number of rotatable bonds is 7. The molecule has 0 saturated carbocycles. The van der Waals surface area contributed by atoms with Gasteiger partial charge in [-0.05, 0) is 32.6 Å². The van der Waals surface area contributed by atoms with E-state index in [0.29, 0.717) is 5.92 Å². The maximum atomic E-state index is 10.4. The molecule has 18 heavy (non-hydrogen) atoms. The number of nitrogens with zero attached hydrogens (tertiary/aromatic N) is 2. The molecule has 0 aromatic carbocycles. The van der Waals surface area contributed by atoms with Crippen LogP contribution < -0.4 is 5.32 Å². The van der Waals surface area contributed by atoms with Crippen LogP contribution in [0.4, 0.5) is 5.82 Å². The Morgan fingerprint density at radius 2 is 2.11 bits per heavy atom. The van der Waals surface area contributed by atoms with Crippen LogP contribution >= 0.6 is 0 Å². The number of carboxylic acids is 1. The van der Waals surface area contributed by atoms with Crippen molar-refractivity contribution in [3.05, 3.63) is 17.6 Å². The highest BCUT2D eigenvalue weighted by atomic mass is 16.4. The number of anilines is 1. The second-order valence-corrected chi connectivity index (χ2v) is 4.68. The maximum absolute atomic E-state index is 10.4. The number of hydrogen-bond acceptors (Lipinski definition) is 4. The molecule has 0 spiro atoms. The number of aromatic nitrogens is 2. The van der Waals surface area contributed by atoms with Crippen molar-refractivity contribution in [2.24, 2.45) is 5.92 Å². The van der Waals surface area contributed by atoms with Crippen molar-refractivity contribution in [1.29, 1.82) is 0 Å². The van der Waals surface area contributed by atoms with E-state index in [9.17, 15) is 4.79 Å². The fourth-order valence-corrected chi connectivity index (χ4v) is 1.59. The highest BCUT2D eigenvalue weighted by molar-refractivity contribution is 5.66. The van der Waals surface area contributed by atoms with Gasteiger partial charge in [0.05, 0.1) is 17.6 Å². The molecule has 2 N–H and O–H groups in total. The molecule has 0 bridgehead atoms. The van der Waals surface area contributed by atoms with Crippen LogP contribution in [-0.4, -0.2) is 27.6 Å². The zero-order chi connectivity index (χ0) is 13.5. The van der Waals surface area contributed by atoms with Crippen molar-refractivity contribution in [2.45, 2.75) is 40.0 Å². The quantitative estimate of drug-likeness (QED) is 0.778. The zero-order valence-electron chi connectivity index (χ0n) is 11.2. The second kappa shape index (κ2) is 6.93. The lowest BCUT2D eigenvalue weighted by atomic mass is 10.0. The number of nitrogens with one attached hydrogen (secondary N) is 1. The Balaban J connectivity index is 2.28. The first-order valence-corrected chi connectivity index (χ1v) is 6.25. The van der Waals surface area contributed by atoms with Crippen LogP contribution in [0.25, 0.3) is 0 Å². The molecule has 1 aromatic rings. The Labute approximate surface area is 108 Å². The summed E-state index contributed by atoms with van der Waals surface area (Å²) in [6.45, 7) is 6.72. The van der Waals surface area contributed by atoms with Gasteiger partial charge in [-0.15, -0.1) is 0 Å². The lowest BCUT2D eigenvalue weighted by Gasteiger charge is -2.11. The average Bonchev–Trinajstić information content (AvgIpc) is 2.31. The van der Waals surface area contributed by atoms with Gasteiger partial charge in [0.25, 0.3) is 0 Å². The normalized spacial score (nSPS) is 12.2. The topological polar surface area (TPSA) is 75.1 Å². The number of aryl methyl sites for hydroxylation is 2. The molecule has 1 heterocycles. The molecule has 0 saturated heterocycles. The summed E-state index contributed by atoms with van der Waals surface area (Å²) in [6.07, 6.45) is 3.62. The molecule has 100 valence electrons. The molecular formula is C13H21N3O2. The smallest absolute Gasteiger partial charge is 0.303 e. The monoisotopic (exact) mass is 251 g/mol. The predicted octanol–water partition coefficient (Wildman–Crippen LogP) is 2.40. The maximum Gasteiger partial charge on any atom is 0.303 e. The van der Waals surface area contributed by atoms with Crippen LogP contribution in [0, 0.1) is 19.8 Å². The Hall–Kier alpha value is -1.65. The van der Waals surface area contributed by atoms with E-state index in [1.807, 2.05) is 13.8 Å². The Kier molecular flexibility index (Phi) is 5.55. The summed E-state index contributed by atoms with van der Waals surface area (Å²) in [5.74, 6) is 0.450. The SMILES string of the molecule is Cc1ncc(NCCC(C)CCC(=O)O)nc1C. The van der Waals surface area contributed by atoms with Crippen molar-refractivity contribution >= 4 is 11.8 Å². The van der Waals surface area contributed by atoms with Crippen LogP contribution in [0.15, 0.2) is 6.20 Å². The lowest BCUT2D eigenvalue weighted by molar-refractivity contribution is -0.137. The van der Waals surface area contributed by atoms with Gasteiger partial charge in [0, 0.05) is 13.0 Å². The van der Waals surface area contributed by atoms with Gasteiger partial charge in [0.15, 0.2) is 0 Å². The van der Waals surface area contributed by atoms with Crippen molar-refractivity contribution < 1.29 is 9.90 Å². The summed E-state index contributed by atoms with van der Waals surface area (Å²) in [5, 5.41) is 11.8. The van der Waals surface area contributed by atoms with Crippen LogP contribution in [0.1, 0.15) is 37.6 Å². The third kappa shape index (κ3) is 5.12. The van der Waals surface area contributed by atoms with Crippen LogP contribution in [0.5, 0.6) is 0 Å². The third-order valence-electron chi connectivity index (χ3n) is 2.99. The van der Waals surface area contributed by atoms with E-state index in [1.54, 1.807) is 6.20 Å². The molecule has 0 aliphatic rings. The van der Waals surface area contributed by atoms with E-state index in [4.69, 9.17) is 5.11 Å². The molecular weight excluding hydrogens is 230 g/mol. The van der Waals surface area contributed by atoms with Gasteiger partial charge in [-0.3, -0.25) is 9.78 Å². The Morgan fingerprint density at radius 1 is 1.39 bits per heavy atom. The van der Waals surface area contributed by atoms with E-state index in [0.717, 1.165) is 36.6 Å². The molecule has 0 aliphatic carbocycles. The van der Waals surface area contributed by atoms with Gasteiger partial charge < -0.3 is 10.4 Å². The Morgan fingerprint density at radius 3 is 2.72 bits per heavy atom. The van der Waals surface area contributed by atoms with Gasteiger partial charge in [0.2, 0.25) is 0 Å². The summed E-state index contributed by atoms with van der Waals surface area (Å²) in [4.78, 5) is 19.0. The summed E-state index contributed by atoms with van der Waals surface area (Å²) < 4.78 is 0. The number of carbonyl (C=O) groups is 1. The highest BCUT2D eigenvalue weighted by Crippen LogP contribution is 2.11. The van der Waals surface area contributed by atoms with Crippen LogP contribution in [0.3, 0.4) is 0 Å². The standard InChI is InChI=1S/C13H21N3O2/c1-9(4-5-13(17)18)6-7-14-12-8-15-10(2)11(3)16-12/h8-9H,4-7H2,1-3H3,(H,14,16)(H,17,18). The minimum absolute atomic E-state index is 0.241. The van der Waals surface area contributed by atoms with E-state index in [2.05, 4.69) is 22.2 Å². The van der Waals surface area contributed by atoms with E-state index >= 15 is 0 Å². The van der Waals surface area contributed by atoms with Gasteiger partial charge in [-0.2, -0.15) is 0 Å². The van der Waals surface area contributed by atoms with Gasteiger partial charge in [-0.25, -0.2) is 4.98 Å². The number of aliphatic carboxylic acids is 1. The zero-order valence-corrected chi connectivity index (χ0v) is 11.2. The predicted molar refractivity (Wildman–Crippen MR) is 70.6 cm³/mol. The summed E-state index contributed by atoms with van der Waals surface area (Å²) >= 11 is 0. The highest BCUT2D eigenvalue weighted by Gasteiger charge is 2.05. The minimum Gasteiger partial charge on any atom is -0.481 e. The lowest BCUT2D eigenvalue weighted by Crippen LogP contribution is -2.10. The molecule has 0 fully saturated rings. The van der Waals surface area contributed by atoms with Gasteiger partial charge in [-0.1, -0.05) is 6.92 Å².